The molecule has 0 aliphatic carbocycles. The third-order valence-corrected chi connectivity index (χ3v) is 5.59. The Kier molecular flexibility index (Phi) is 4.31. The molecule has 1 saturated heterocycles. The summed E-state index contributed by atoms with van der Waals surface area (Å²) in [6.07, 6.45) is 3.01. The lowest BCUT2D eigenvalue weighted by Crippen LogP contribution is -2.51. The number of aromatic nitrogens is 2. The van der Waals surface area contributed by atoms with Crippen LogP contribution in [0, 0.1) is 5.82 Å². The summed E-state index contributed by atoms with van der Waals surface area (Å²) in [5.74, 6) is -0.318. The second-order valence-electron chi connectivity index (χ2n) is 7.05. The summed E-state index contributed by atoms with van der Waals surface area (Å²) in [7, 11) is 1.69. The minimum atomic E-state index is -0.315. The van der Waals surface area contributed by atoms with Crippen LogP contribution in [0.4, 0.5) is 4.39 Å². The Bertz CT molecular complexity index is 853. The molecule has 0 radical (unpaired) electrons. The average molecular weight is 346 g/mol. The molecule has 6 nitrogen and oxygen atoms in total. The molecule has 1 fully saturated rings. The molecule has 0 spiro atoms. The maximum Gasteiger partial charge on any atom is 0.251 e. The Labute approximate surface area is 145 Å². The third-order valence-electron chi connectivity index (χ3n) is 5.59. The van der Waals surface area contributed by atoms with E-state index >= 15 is 0 Å². The van der Waals surface area contributed by atoms with Gasteiger partial charge in [0.15, 0.2) is 0 Å². The van der Waals surface area contributed by atoms with Crippen molar-refractivity contribution in [2.24, 2.45) is 5.73 Å². The molecule has 2 aliphatic heterocycles. The molecule has 1 unspecified atom stereocenters. The molecule has 2 aromatic rings. The van der Waals surface area contributed by atoms with E-state index in [1.807, 2.05) is 0 Å². The number of hydrogen-bond acceptors (Lipinski definition) is 5. The van der Waals surface area contributed by atoms with Gasteiger partial charge in [0.05, 0.1) is 23.3 Å². The summed E-state index contributed by atoms with van der Waals surface area (Å²) in [6, 6.07) is 3.26. The minimum Gasteiger partial charge on any atom is -0.379 e. The summed E-state index contributed by atoms with van der Waals surface area (Å²) in [5.41, 5.74) is 7.96. The first-order valence-electron chi connectivity index (χ1n) is 8.77. The van der Waals surface area contributed by atoms with Gasteiger partial charge in [0.1, 0.15) is 5.82 Å². The molecule has 2 aromatic heterocycles. The Morgan fingerprint density at radius 3 is 3.04 bits per heavy atom. The van der Waals surface area contributed by atoms with Crippen LogP contribution in [0.2, 0.25) is 0 Å². The second kappa shape index (κ2) is 6.48. The fourth-order valence-corrected chi connectivity index (χ4v) is 4.17. The van der Waals surface area contributed by atoms with Crippen LogP contribution in [0.1, 0.15) is 24.3 Å². The van der Waals surface area contributed by atoms with Crippen LogP contribution in [0.25, 0.3) is 11.0 Å². The first kappa shape index (κ1) is 16.6. The van der Waals surface area contributed by atoms with Crippen LogP contribution in [-0.4, -0.2) is 53.3 Å². The summed E-state index contributed by atoms with van der Waals surface area (Å²) in [5, 5.41) is 0. The van der Waals surface area contributed by atoms with Gasteiger partial charge in [-0.3, -0.25) is 9.78 Å². The van der Waals surface area contributed by atoms with Crippen LogP contribution in [0.5, 0.6) is 0 Å². The van der Waals surface area contributed by atoms with Crippen molar-refractivity contribution < 1.29 is 9.13 Å². The number of nitrogens with zero attached hydrogens (tertiary/aromatic N) is 3. The van der Waals surface area contributed by atoms with Gasteiger partial charge in [-0.2, -0.15) is 0 Å². The van der Waals surface area contributed by atoms with Crippen molar-refractivity contribution in [3.05, 3.63) is 40.1 Å². The molecular weight excluding hydrogens is 323 g/mol. The lowest BCUT2D eigenvalue weighted by atomic mass is 9.96. The lowest BCUT2D eigenvalue weighted by Gasteiger charge is -2.36. The Morgan fingerprint density at radius 1 is 1.40 bits per heavy atom. The van der Waals surface area contributed by atoms with E-state index in [0.29, 0.717) is 23.1 Å². The zero-order valence-corrected chi connectivity index (χ0v) is 14.3. The maximum atomic E-state index is 14.4. The summed E-state index contributed by atoms with van der Waals surface area (Å²) in [4.78, 5) is 18.6. The van der Waals surface area contributed by atoms with E-state index in [4.69, 9.17) is 10.5 Å². The molecule has 3 atom stereocenters. The first-order valence-corrected chi connectivity index (χ1v) is 8.77. The molecular formula is C18H23FN4O2. The third kappa shape index (κ3) is 2.86. The van der Waals surface area contributed by atoms with Crippen molar-refractivity contribution in [2.75, 3.05) is 26.7 Å². The topological polar surface area (TPSA) is 73.4 Å². The van der Waals surface area contributed by atoms with Gasteiger partial charge in [0, 0.05) is 43.8 Å². The summed E-state index contributed by atoms with van der Waals surface area (Å²) in [6.45, 7) is 3.08. The van der Waals surface area contributed by atoms with E-state index in [2.05, 4.69) is 9.88 Å². The van der Waals surface area contributed by atoms with Crippen LogP contribution >= 0.6 is 0 Å². The number of nitrogens with two attached hydrogens (primary N) is 1. The van der Waals surface area contributed by atoms with Gasteiger partial charge in [-0.1, -0.05) is 0 Å². The number of piperidine rings is 1. The normalized spacial score (nSPS) is 26.4. The first-order chi connectivity index (χ1) is 12.1. The molecule has 7 heteroatoms. The molecule has 25 heavy (non-hydrogen) atoms. The van der Waals surface area contributed by atoms with Crippen molar-refractivity contribution in [2.45, 2.75) is 37.5 Å². The molecule has 2 aliphatic rings. The molecule has 0 saturated carbocycles. The smallest absolute Gasteiger partial charge is 0.251 e. The highest BCUT2D eigenvalue weighted by atomic mass is 19.1. The molecule has 0 bridgehead atoms. The quantitative estimate of drug-likeness (QED) is 0.897. The van der Waals surface area contributed by atoms with E-state index in [1.54, 1.807) is 17.7 Å². The lowest BCUT2D eigenvalue weighted by molar-refractivity contribution is 0.0158. The van der Waals surface area contributed by atoms with E-state index < -0.39 is 0 Å². The largest absolute Gasteiger partial charge is 0.379 e. The molecule has 4 rings (SSSR count). The van der Waals surface area contributed by atoms with Crippen molar-refractivity contribution in [1.82, 2.24) is 14.5 Å². The predicted molar refractivity (Wildman–Crippen MR) is 93.1 cm³/mol. The Balaban J connectivity index is 1.54. The molecule has 134 valence electrons. The summed E-state index contributed by atoms with van der Waals surface area (Å²) >= 11 is 0. The van der Waals surface area contributed by atoms with Gasteiger partial charge in [-0.15, -0.1) is 0 Å². The highest BCUT2D eigenvalue weighted by molar-refractivity contribution is 5.80. The van der Waals surface area contributed by atoms with Gasteiger partial charge >= 0.3 is 0 Å². The zero-order chi connectivity index (χ0) is 17.6. The van der Waals surface area contributed by atoms with Crippen LogP contribution in [-0.2, 0) is 11.3 Å². The van der Waals surface area contributed by atoms with Gasteiger partial charge in [-0.05, 0) is 32.0 Å². The molecule has 0 aromatic carbocycles. The maximum absolute atomic E-state index is 14.4. The van der Waals surface area contributed by atoms with Crippen LogP contribution in [0.15, 0.2) is 23.1 Å². The SMILES string of the molecule is CO[C@@H]1CN(CCC2Cn3c(=O)ccc4ncc(F)c2c43)CC[C@@H]1N. The number of rotatable bonds is 4. The van der Waals surface area contributed by atoms with Gasteiger partial charge < -0.3 is 19.9 Å². The van der Waals surface area contributed by atoms with Crippen molar-refractivity contribution in [3.63, 3.8) is 0 Å². The highest BCUT2D eigenvalue weighted by Gasteiger charge is 2.31. The fourth-order valence-electron chi connectivity index (χ4n) is 4.17. The Morgan fingerprint density at radius 2 is 2.24 bits per heavy atom. The Hall–Kier alpha value is -1.83. The minimum absolute atomic E-state index is 0.00260. The van der Waals surface area contributed by atoms with E-state index in [0.717, 1.165) is 32.5 Å². The zero-order valence-electron chi connectivity index (χ0n) is 14.3. The van der Waals surface area contributed by atoms with Crippen LogP contribution < -0.4 is 11.3 Å². The molecule has 2 N–H and O–H groups in total. The van der Waals surface area contributed by atoms with Gasteiger partial charge in [0.25, 0.3) is 5.56 Å². The predicted octanol–water partition coefficient (Wildman–Crippen LogP) is 1.07. The van der Waals surface area contributed by atoms with E-state index in [1.165, 1.54) is 12.3 Å². The fraction of sp³-hybridized carbons (Fsp3) is 0.556. The summed E-state index contributed by atoms with van der Waals surface area (Å²) < 4.78 is 21.6. The average Bonchev–Trinajstić information content (AvgIpc) is 3.01. The van der Waals surface area contributed by atoms with E-state index in [9.17, 15) is 9.18 Å². The van der Waals surface area contributed by atoms with Gasteiger partial charge in [0.2, 0.25) is 0 Å². The van der Waals surface area contributed by atoms with Crippen molar-refractivity contribution in [3.8, 4) is 0 Å². The highest BCUT2D eigenvalue weighted by Crippen LogP contribution is 2.35. The standard InChI is InChI=1S/C18H23FN4O2/c1-25-15-10-22(7-5-13(15)20)6-4-11-9-23-16(24)3-2-14-18(23)17(11)12(19)8-21-14/h2-3,8,11,13,15H,4-7,9-10,20H2,1H3/t11?,13-,15+/m0/s1. The number of methoxy groups -OCH3 is 1. The number of likely N-dealkylation sites (tertiary alicyclic amines) is 1. The van der Waals surface area contributed by atoms with E-state index in [-0.39, 0.29) is 29.4 Å². The van der Waals surface area contributed by atoms with Crippen LogP contribution in [0.3, 0.4) is 0 Å². The number of halogens is 1. The molecule has 4 heterocycles. The van der Waals surface area contributed by atoms with Crippen molar-refractivity contribution >= 4 is 11.0 Å². The number of pyridine rings is 2. The molecule has 0 amide bonds. The number of hydrogen-bond donors (Lipinski definition) is 1. The number of ether oxygens (including phenoxy) is 1. The second-order valence-corrected chi connectivity index (χ2v) is 7.05. The monoisotopic (exact) mass is 346 g/mol. The van der Waals surface area contributed by atoms with Crippen molar-refractivity contribution in [1.29, 1.82) is 0 Å². The van der Waals surface area contributed by atoms with Gasteiger partial charge in [-0.25, -0.2) is 4.39 Å².